The van der Waals surface area contributed by atoms with Crippen LogP contribution in [0.25, 0.3) is 0 Å². The zero-order chi connectivity index (χ0) is 14.9. The summed E-state index contributed by atoms with van der Waals surface area (Å²) in [5, 5.41) is 12.8. The van der Waals surface area contributed by atoms with Crippen molar-refractivity contribution in [2.45, 2.75) is 11.5 Å². The normalized spacial score (nSPS) is 11.6. The highest BCUT2D eigenvalue weighted by Gasteiger charge is 2.20. The first-order chi connectivity index (χ1) is 9.27. The molecular formula is C10H10BrClN4O3S. The summed E-state index contributed by atoms with van der Waals surface area (Å²) in [4.78, 5) is -0.194. The van der Waals surface area contributed by atoms with Crippen LogP contribution in [0.3, 0.4) is 0 Å². The van der Waals surface area contributed by atoms with Crippen LogP contribution in [0.4, 0.5) is 0 Å². The third-order valence-corrected chi connectivity index (χ3v) is 3.95. The summed E-state index contributed by atoms with van der Waals surface area (Å²) in [6.45, 7) is 0.0255. The van der Waals surface area contributed by atoms with Crippen LogP contribution in [0.15, 0.2) is 27.7 Å². The molecule has 10 heteroatoms. The van der Waals surface area contributed by atoms with E-state index < -0.39 is 10.0 Å². The number of hydrogen-bond acceptors (Lipinski definition) is 5. The molecule has 1 heterocycles. The van der Waals surface area contributed by atoms with E-state index >= 15 is 0 Å². The average Bonchev–Trinajstić information content (AvgIpc) is 2.72. The van der Waals surface area contributed by atoms with E-state index in [4.69, 9.17) is 21.5 Å². The molecule has 20 heavy (non-hydrogen) atoms. The molecule has 108 valence electrons. The topological polar surface area (TPSA) is 100 Å². The number of primary sulfonamides is 1. The Bertz CT molecular complexity index is 747. The molecule has 0 aliphatic rings. The first kappa shape index (κ1) is 15.2. The molecule has 0 aliphatic heterocycles. The van der Waals surface area contributed by atoms with Gasteiger partial charge in [0.1, 0.15) is 17.2 Å². The van der Waals surface area contributed by atoms with Crippen LogP contribution in [0.1, 0.15) is 5.69 Å². The van der Waals surface area contributed by atoms with Crippen LogP contribution < -0.4 is 9.88 Å². The van der Waals surface area contributed by atoms with Gasteiger partial charge in [0.15, 0.2) is 5.75 Å². The van der Waals surface area contributed by atoms with Crippen molar-refractivity contribution in [1.29, 1.82) is 0 Å². The van der Waals surface area contributed by atoms with Crippen molar-refractivity contribution >= 4 is 37.6 Å². The van der Waals surface area contributed by atoms with Crippen molar-refractivity contribution in [3.05, 3.63) is 33.5 Å². The monoisotopic (exact) mass is 380 g/mol. The molecule has 2 N–H and O–H groups in total. The standard InChI is InChI=1S/C10H10BrClN4O3S/c1-16-4-7(14-15-16)5-19-10-8(12)2-6(11)3-9(10)20(13,17)18/h2-4H,5H2,1H3,(H2,13,17,18). The largest absolute Gasteiger partial charge is 0.484 e. The van der Waals surface area contributed by atoms with Gasteiger partial charge >= 0.3 is 0 Å². The minimum absolute atomic E-state index is 0.0111. The number of aromatic nitrogens is 3. The van der Waals surface area contributed by atoms with Gasteiger partial charge in [-0.2, -0.15) is 0 Å². The van der Waals surface area contributed by atoms with E-state index in [1.165, 1.54) is 16.8 Å². The zero-order valence-corrected chi connectivity index (χ0v) is 13.4. The Kier molecular flexibility index (Phi) is 4.33. The van der Waals surface area contributed by atoms with Gasteiger partial charge in [-0.05, 0) is 12.1 Å². The molecule has 1 aromatic carbocycles. The van der Waals surface area contributed by atoms with Gasteiger partial charge in [0.05, 0.1) is 11.2 Å². The predicted molar refractivity (Wildman–Crippen MR) is 75.9 cm³/mol. The molecule has 7 nitrogen and oxygen atoms in total. The fourth-order valence-corrected chi connectivity index (χ4v) is 3.29. The summed E-state index contributed by atoms with van der Waals surface area (Å²) in [5.74, 6) is -0.0111. The van der Waals surface area contributed by atoms with Crippen LogP contribution in [0.2, 0.25) is 5.02 Å². The first-order valence-corrected chi connectivity index (χ1v) is 7.99. The third kappa shape index (κ3) is 3.48. The number of benzene rings is 1. The Hall–Kier alpha value is -1.16. The number of halogens is 2. The summed E-state index contributed by atoms with van der Waals surface area (Å²) >= 11 is 9.15. The number of sulfonamides is 1. The minimum atomic E-state index is -3.96. The molecule has 0 spiro atoms. The van der Waals surface area contributed by atoms with Crippen LogP contribution in [0.5, 0.6) is 5.75 Å². The quantitative estimate of drug-likeness (QED) is 0.864. The highest BCUT2D eigenvalue weighted by molar-refractivity contribution is 9.10. The number of hydrogen-bond donors (Lipinski definition) is 1. The second-order valence-electron chi connectivity index (χ2n) is 3.93. The lowest BCUT2D eigenvalue weighted by Gasteiger charge is -2.11. The van der Waals surface area contributed by atoms with E-state index in [9.17, 15) is 8.42 Å². The lowest BCUT2D eigenvalue weighted by Crippen LogP contribution is -2.14. The summed E-state index contributed by atoms with van der Waals surface area (Å²) in [5.41, 5.74) is 0.534. The summed E-state index contributed by atoms with van der Waals surface area (Å²) in [7, 11) is -2.25. The number of rotatable bonds is 4. The minimum Gasteiger partial charge on any atom is -0.484 e. The zero-order valence-electron chi connectivity index (χ0n) is 10.2. The van der Waals surface area contributed by atoms with E-state index in [2.05, 4.69) is 26.2 Å². The van der Waals surface area contributed by atoms with Gasteiger partial charge in [-0.25, -0.2) is 13.6 Å². The van der Waals surface area contributed by atoms with E-state index in [1.54, 1.807) is 13.2 Å². The fraction of sp³-hybridized carbons (Fsp3) is 0.200. The van der Waals surface area contributed by atoms with Crippen LogP contribution >= 0.6 is 27.5 Å². The molecular weight excluding hydrogens is 372 g/mol. The van der Waals surface area contributed by atoms with Crippen molar-refractivity contribution in [2.24, 2.45) is 12.2 Å². The molecule has 2 aromatic rings. The SMILES string of the molecule is Cn1cc(COc2c(Cl)cc(Br)cc2S(N)(=O)=O)nn1. The number of nitrogens with zero attached hydrogens (tertiary/aromatic N) is 3. The molecule has 2 rings (SSSR count). The highest BCUT2D eigenvalue weighted by Crippen LogP contribution is 2.35. The van der Waals surface area contributed by atoms with Crippen LogP contribution in [0, 0.1) is 0 Å². The Labute approximate surface area is 128 Å². The Morgan fingerprint density at radius 1 is 1.50 bits per heavy atom. The molecule has 0 unspecified atom stereocenters. The highest BCUT2D eigenvalue weighted by atomic mass is 79.9. The molecule has 0 fully saturated rings. The first-order valence-electron chi connectivity index (χ1n) is 5.27. The van der Waals surface area contributed by atoms with Gasteiger partial charge in [0.2, 0.25) is 10.0 Å². The van der Waals surface area contributed by atoms with Crippen molar-refractivity contribution in [1.82, 2.24) is 15.0 Å². The van der Waals surface area contributed by atoms with Crippen molar-refractivity contribution in [3.63, 3.8) is 0 Å². The molecule has 0 atom stereocenters. The second kappa shape index (κ2) is 5.68. The number of aryl methyl sites for hydroxylation is 1. The Morgan fingerprint density at radius 2 is 2.20 bits per heavy atom. The third-order valence-electron chi connectivity index (χ3n) is 2.30. The maximum atomic E-state index is 11.6. The Morgan fingerprint density at radius 3 is 2.75 bits per heavy atom. The van der Waals surface area contributed by atoms with Gasteiger partial charge in [-0.15, -0.1) is 5.10 Å². The smallest absolute Gasteiger partial charge is 0.241 e. The fourth-order valence-electron chi connectivity index (χ4n) is 1.50. The second-order valence-corrected chi connectivity index (χ2v) is 6.78. The Balaban J connectivity index is 2.35. The molecule has 0 radical (unpaired) electrons. The van der Waals surface area contributed by atoms with Gasteiger partial charge in [-0.1, -0.05) is 32.7 Å². The summed E-state index contributed by atoms with van der Waals surface area (Å²) in [6, 6.07) is 2.84. The summed E-state index contributed by atoms with van der Waals surface area (Å²) in [6.07, 6.45) is 1.64. The molecule has 0 saturated carbocycles. The lowest BCUT2D eigenvalue weighted by atomic mass is 10.3. The predicted octanol–water partition coefficient (Wildman–Crippen LogP) is 1.46. The van der Waals surface area contributed by atoms with Gasteiger partial charge < -0.3 is 4.74 Å². The molecule has 1 aromatic heterocycles. The molecule has 0 bridgehead atoms. The average molecular weight is 382 g/mol. The van der Waals surface area contributed by atoms with Crippen molar-refractivity contribution in [3.8, 4) is 5.75 Å². The van der Waals surface area contributed by atoms with E-state index in [1.807, 2.05) is 0 Å². The van der Waals surface area contributed by atoms with Gasteiger partial charge in [0, 0.05) is 11.5 Å². The maximum absolute atomic E-state index is 11.6. The van der Waals surface area contributed by atoms with E-state index in [-0.39, 0.29) is 22.3 Å². The molecule has 0 saturated heterocycles. The number of nitrogens with two attached hydrogens (primary N) is 1. The molecule has 0 aliphatic carbocycles. The summed E-state index contributed by atoms with van der Waals surface area (Å²) < 4.78 is 30.5. The van der Waals surface area contributed by atoms with Gasteiger partial charge in [0.25, 0.3) is 0 Å². The number of ether oxygens (including phenoxy) is 1. The van der Waals surface area contributed by atoms with Crippen LogP contribution in [-0.2, 0) is 23.7 Å². The van der Waals surface area contributed by atoms with Gasteiger partial charge in [-0.3, -0.25) is 4.68 Å². The van der Waals surface area contributed by atoms with Crippen LogP contribution in [-0.4, -0.2) is 23.4 Å². The lowest BCUT2D eigenvalue weighted by molar-refractivity contribution is 0.293. The van der Waals surface area contributed by atoms with Crippen molar-refractivity contribution in [2.75, 3.05) is 0 Å². The van der Waals surface area contributed by atoms with E-state index in [0.717, 1.165) is 0 Å². The van der Waals surface area contributed by atoms with E-state index in [0.29, 0.717) is 10.2 Å². The maximum Gasteiger partial charge on any atom is 0.241 e. The molecule has 0 amide bonds. The van der Waals surface area contributed by atoms with Crippen molar-refractivity contribution < 1.29 is 13.2 Å².